The van der Waals surface area contributed by atoms with Crippen LogP contribution in [0.25, 0.3) is 11.0 Å². The lowest BCUT2D eigenvalue weighted by molar-refractivity contribution is 0.0929. The zero-order valence-electron chi connectivity index (χ0n) is 17.0. The number of carbonyl (C=O) groups is 1. The van der Waals surface area contributed by atoms with Gasteiger partial charge in [0.1, 0.15) is 12.2 Å². The highest BCUT2D eigenvalue weighted by atomic mass is 79.9. The van der Waals surface area contributed by atoms with E-state index >= 15 is 0 Å². The average molecular weight is 514 g/mol. The summed E-state index contributed by atoms with van der Waals surface area (Å²) in [7, 11) is 1.56. The number of rotatable bonds is 7. The Kier molecular flexibility index (Phi) is 6.78. The molecule has 0 saturated carbocycles. The van der Waals surface area contributed by atoms with Crippen molar-refractivity contribution in [3.8, 4) is 11.5 Å². The van der Waals surface area contributed by atoms with E-state index in [9.17, 15) is 4.79 Å². The molecule has 1 aromatic heterocycles. The van der Waals surface area contributed by atoms with Crippen molar-refractivity contribution in [1.82, 2.24) is 5.43 Å². The summed E-state index contributed by atoms with van der Waals surface area (Å²) >= 11 is 9.42. The minimum atomic E-state index is -0.441. The molecule has 0 aliphatic heterocycles. The molecule has 0 saturated heterocycles. The Hall–Kier alpha value is -3.29. The molecule has 3 aromatic carbocycles. The third kappa shape index (κ3) is 5.12. The van der Waals surface area contributed by atoms with E-state index in [1.165, 1.54) is 6.21 Å². The summed E-state index contributed by atoms with van der Waals surface area (Å²) in [5, 5.41) is 5.55. The molecule has 0 unspecified atom stereocenters. The number of hydrazone groups is 1. The quantitative estimate of drug-likeness (QED) is 0.236. The third-order valence-electron chi connectivity index (χ3n) is 4.61. The zero-order valence-corrected chi connectivity index (χ0v) is 19.3. The lowest BCUT2D eigenvalue weighted by Gasteiger charge is -2.13. The number of benzene rings is 3. The van der Waals surface area contributed by atoms with Crippen LogP contribution in [0.4, 0.5) is 0 Å². The van der Waals surface area contributed by atoms with Crippen LogP contribution >= 0.6 is 27.5 Å². The van der Waals surface area contributed by atoms with Crippen LogP contribution in [0.2, 0.25) is 5.02 Å². The predicted octanol–water partition coefficient (Wildman–Crippen LogP) is 6.20. The molecule has 1 N–H and O–H groups in total. The first-order valence-electron chi connectivity index (χ1n) is 9.60. The van der Waals surface area contributed by atoms with Gasteiger partial charge in [-0.25, -0.2) is 5.43 Å². The average Bonchev–Trinajstić information content (AvgIpc) is 3.24. The van der Waals surface area contributed by atoms with Crippen molar-refractivity contribution in [3.63, 3.8) is 0 Å². The van der Waals surface area contributed by atoms with E-state index in [4.69, 9.17) is 25.5 Å². The molecule has 4 rings (SSSR count). The van der Waals surface area contributed by atoms with E-state index < -0.39 is 5.91 Å². The van der Waals surface area contributed by atoms with E-state index in [2.05, 4.69) is 26.5 Å². The monoisotopic (exact) mass is 512 g/mol. The first-order chi connectivity index (χ1) is 15.5. The van der Waals surface area contributed by atoms with Crippen LogP contribution in [0.3, 0.4) is 0 Å². The fourth-order valence-corrected chi connectivity index (χ4v) is 3.52. The van der Waals surface area contributed by atoms with Crippen LogP contribution in [-0.2, 0) is 6.61 Å². The molecule has 0 fully saturated rings. The number of nitrogens with zero attached hydrogens (tertiary/aromatic N) is 1. The third-order valence-corrected chi connectivity index (χ3v) is 5.55. The fraction of sp³-hybridized carbons (Fsp3) is 0.0833. The Morgan fingerprint density at radius 1 is 1.12 bits per heavy atom. The topological polar surface area (TPSA) is 73.1 Å². The van der Waals surface area contributed by atoms with Crippen molar-refractivity contribution in [2.75, 3.05) is 7.11 Å². The molecule has 8 heteroatoms. The van der Waals surface area contributed by atoms with E-state index in [0.29, 0.717) is 34.3 Å². The number of methoxy groups -OCH3 is 1. The highest BCUT2D eigenvalue weighted by Crippen LogP contribution is 2.33. The van der Waals surface area contributed by atoms with Gasteiger partial charge in [-0.05, 0) is 57.9 Å². The van der Waals surface area contributed by atoms with Gasteiger partial charge in [0, 0.05) is 20.4 Å². The van der Waals surface area contributed by atoms with Gasteiger partial charge in [0.05, 0.1) is 13.3 Å². The minimum absolute atomic E-state index is 0.186. The van der Waals surface area contributed by atoms with Gasteiger partial charge in [0.2, 0.25) is 0 Å². The number of hydrogen-bond acceptors (Lipinski definition) is 5. The van der Waals surface area contributed by atoms with Crippen molar-refractivity contribution < 1.29 is 18.7 Å². The smallest absolute Gasteiger partial charge is 0.307 e. The lowest BCUT2D eigenvalue weighted by Crippen LogP contribution is -2.16. The summed E-state index contributed by atoms with van der Waals surface area (Å²) in [6, 6.07) is 20.0. The SMILES string of the molecule is COc1cc(/C=N/NC(=O)c2cc3ccccc3o2)c(Br)cc1OCc1ccc(Cl)cc1. The van der Waals surface area contributed by atoms with Crippen molar-refractivity contribution in [1.29, 1.82) is 0 Å². The highest BCUT2D eigenvalue weighted by molar-refractivity contribution is 9.10. The van der Waals surface area contributed by atoms with E-state index in [1.54, 1.807) is 31.4 Å². The maximum Gasteiger partial charge on any atom is 0.307 e. The van der Waals surface area contributed by atoms with Crippen LogP contribution in [0, 0.1) is 0 Å². The Morgan fingerprint density at radius 2 is 1.91 bits per heavy atom. The molecule has 0 bridgehead atoms. The van der Waals surface area contributed by atoms with Gasteiger partial charge in [-0.3, -0.25) is 4.79 Å². The van der Waals surface area contributed by atoms with Crippen LogP contribution < -0.4 is 14.9 Å². The summed E-state index contributed by atoms with van der Waals surface area (Å²) in [5.74, 6) is 0.847. The number of halogens is 2. The molecule has 1 amide bonds. The van der Waals surface area contributed by atoms with Crippen LogP contribution in [0.15, 0.2) is 80.7 Å². The second-order valence-electron chi connectivity index (χ2n) is 6.79. The van der Waals surface area contributed by atoms with Gasteiger partial charge in [0.15, 0.2) is 17.3 Å². The highest BCUT2D eigenvalue weighted by Gasteiger charge is 2.12. The number of ether oxygens (including phenoxy) is 2. The summed E-state index contributed by atoms with van der Waals surface area (Å²) in [6.07, 6.45) is 1.51. The molecule has 6 nitrogen and oxygen atoms in total. The Morgan fingerprint density at radius 3 is 2.66 bits per heavy atom. The summed E-state index contributed by atoms with van der Waals surface area (Å²) in [4.78, 5) is 12.3. The van der Waals surface area contributed by atoms with Gasteiger partial charge >= 0.3 is 5.91 Å². The Balaban J connectivity index is 1.44. The normalized spacial score (nSPS) is 11.1. The number of amides is 1. The molecule has 0 aliphatic carbocycles. The first kappa shape index (κ1) is 21.9. The van der Waals surface area contributed by atoms with Crippen LogP contribution in [0.1, 0.15) is 21.7 Å². The summed E-state index contributed by atoms with van der Waals surface area (Å²) in [6.45, 7) is 0.362. The fourth-order valence-electron chi connectivity index (χ4n) is 2.97. The summed E-state index contributed by atoms with van der Waals surface area (Å²) < 4.78 is 17.6. The molecular formula is C24H18BrClN2O4. The maximum atomic E-state index is 12.3. The van der Waals surface area contributed by atoms with Gasteiger partial charge in [0.25, 0.3) is 0 Å². The molecular weight excluding hydrogens is 496 g/mol. The molecule has 0 radical (unpaired) electrons. The van der Waals surface area contributed by atoms with Crippen molar-refractivity contribution in [2.45, 2.75) is 6.61 Å². The Labute approximate surface area is 197 Å². The molecule has 162 valence electrons. The number of hydrogen-bond donors (Lipinski definition) is 1. The number of para-hydroxylation sites is 1. The molecule has 4 aromatic rings. The maximum absolute atomic E-state index is 12.3. The zero-order chi connectivity index (χ0) is 22.5. The molecule has 1 heterocycles. The molecule has 0 spiro atoms. The van der Waals surface area contributed by atoms with Crippen molar-refractivity contribution >= 4 is 50.6 Å². The van der Waals surface area contributed by atoms with Gasteiger partial charge in [-0.15, -0.1) is 0 Å². The number of nitrogens with one attached hydrogen (secondary N) is 1. The van der Waals surface area contributed by atoms with Crippen LogP contribution in [-0.4, -0.2) is 19.2 Å². The number of carbonyl (C=O) groups excluding carboxylic acids is 1. The van der Waals surface area contributed by atoms with Gasteiger partial charge < -0.3 is 13.9 Å². The number of fused-ring (bicyclic) bond motifs is 1. The number of furan rings is 1. The molecule has 0 atom stereocenters. The second kappa shape index (κ2) is 9.89. The van der Waals surface area contributed by atoms with Crippen molar-refractivity contribution in [3.05, 3.63) is 93.1 Å². The standard InChI is InChI=1S/C24H18BrClN2O4/c1-30-21-11-17(19(25)12-22(21)31-14-15-6-8-18(26)9-7-15)13-27-28-24(29)23-10-16-4-2-3-5-20(16)32-23/h2-13H,14H2,1H3,(H,28,29)/b27-13+. The largest absolute Gasteiger partial charge is 0.493 e. The van der Waals surface area contributed by atoms with Gasteiger partial charge in [-0.1, -0.05) is 41.9 Å². The molecule has 0 aliphatic rings. The summed E-state index contributed by atoms with van der Waals surface area (Å²) in [5.41, 5.74) is 4.79. The van der Waals surface area contributed by atoms with Crippen molar-refractivity contribution in [2.24, 2.45) is 5.10 Å². The van der Waals surface area contributed by atoms with Gasteiger partial charge in [-0.2, -0.15) is 5.10 Å². The van der Waals surface area contributed by atoms with E-state index in [1.807, 2.05) is 42.5 Å². The Bertz CT molecular complexity index is 1250. The van der Waals surface area contributed by atoms with Crippen LogP contribution in [0.5, 0.6) is 11.5 Å². The predicted molar refractivity (Wildman–Crippen MR) is 128 cm³/mol. The molecule has 32 heavy (non-hydrogen) atoms. The van der Waals surface area contributed by atoms with E-state index in [0.717, 1.165) is 15.4 Å². The van der Waals surface area contributed by atoms with E-state index in [-0.39, 0.29) is 5.76 Å². The lowest BCUT2D eigenvalue weighted by atomic mass is 10.2. The first-order valence-corrected chi connectivity index (χ1v) is 10.8. The minimum Gasteiger partial charge on any atom is -0.493 e. The second-order valence-corrected chi connectivity index (χ2v) is 8.08.